The second-order valence-corrected chi connectivity index (χ2v) is 5.56. The fourth-order valence-electron chi connectivity index (χ4n) is 2.31. The summed E-state index contributed by atoms with van der Waals surface area (Å²) in [4.78, 5) is 0. The fraction of sp³-hybridized carbons (Fsp3) is 0.600. The van der Waals surface area contributed by atoms with E-state index in [9.17, 15) is 0 Å². The van der Waals surface area contributed by atoms with Crippen molar-refractivity contribution in [1.82, 2.24) is 0 Å². The topological polar surface area (TPSA) is 33.3 Å². The van der Waals surface area contributed by atoms with Crippen LogP contribution in [0.5, 0.6) is 5.75 Å². The first-order valence-corrected chi connectivity index (χ1v) is 6.88. The van der Waals surface area contributed by atoms with Crippen molar-refractivity contribution in [2.75, 3.05) is 17.2 Å². The highest BCUT2D eigenvalue weighted by atomic mass is 16.5. The lowest BCUT2D eigenvalue weighted by molar-refractivity contribution is 0.244. The first-order valence-electron chi connectivity index (χ1n) is 6.88. The van der Waals surface area contributed by atoms with Crippen LogP contribution in [0.25, 0.3) is 0 Å². The third kappa shape index (κ3) is 2.89. The molecule has 1 heterocycles. The van der Waals surface area contributed by atoms with Gasteiger partial charge in [-0.05, 0) is 38.3 Å². The van der Waals surface area contributed by atoms with Crippen LogP contribution in [0.2, 0.25) is 0 Å². The van der Waals surface area contributed by atoms with Gasteiger partial charge in [-0.1, -0.05) is 19.9 Å². The third-order valence-electron chi connectivity index (χ3n) is 3.29. The molecule has 1 aliphatic rings. The van der Waals surface area contributed by atoms with E-state index < -0.39 is 0 Å². The summed E-state index contributed by atoms with van der Waals surface area (Å²) >= 11 is 0. The van der Waals surface area contributed by atoms with Crippen molar-refractivity contribution in [3.63, 3.8) is 0 Å². The van der Waals surface area contributed by atoms with E-state index in [0.29, 0.717) is 12.0 Å². The molecule has 18 heavy (non-hydrogen) atoms. The van der Waals surface area contributed by atoms with Gasteiger partial charge in [0.1, 0.15) is 11.4 Å². The minimum absolute atomic E-state index is 0.197. The maximum atomic E-state index is 5.86. The Morgan fingerprint density at radius 3 is 2.67 bits per heavy atom. The second kappa shape index (κ2) is 5.51. The monoisotopic (exact) mass is 248 g/mol. The van der Waals surface area contributed by atoms with Crippen LogP contribution in [-0.4, -0.2) is 18.7 Å². The number of para-hydroxylation sites is 1. The van der Waals surface area contributed by atoms with Crippen LogP contribution in [0.1, 0.15) is 34.1 Å². The summed E-state index contributed by atoms with van der Waals surface area (Å²) in [6.07, 6.45) is 1.33. The quantitative estimate of drug-likeness (QED) is 0.855. The minimum Gasteiger partial charge on any atom is -0.489 e. The fourth-order valence-corrected chi connectivity index (χ4v) is 2.31. The summed E-state index contributed by atoms with van der Waals surface area (Å²) in [7, 11) is 0. The molecule has 0 fully saturated rings. The summed E-state index contributed by atoms with van der Waals surface area (Å²) in [5.41, 5.74) is 2.26. The number of benzene rings is 1. The first-order chi connectivity index (χ1) is 8.58. The van der Waals surface area contributed by atoms with E-state index in [2.05, 4.69) is 44.4 Å². The maximum absolute atomic E-state index is 5.86. The summed E-state index contributed by atoms with van der Waals surface area (Å²) in [6, 6.07) is 6.72. The van der Waals surface area contributed by atoms with Gasteiger partial charge < -0.3 is 15.4 Å². The van der Waals surface area contributed by atoms with Gasteiger partial charge in [0, 0.05) is 12.6 Å². The summed E-state index contributed by atoms with van der Waals surface area (Å²) in [6.45, 7) is 9.62. The van der Waals surface area contributed by atoms with E-state index in [1.54, 1.807) is 0 Å². The summed E-state index contributed by atoms with van der Waals surface area (Å²) in [5.74, 6) is 1.58. The van der Waals surface area contributed by atoms with Crippen molar-refractivity contribution < 1.29 is 4.74 Å². The molecule has 2 N–H and O–H groups in total. The third-order valence-corrected chi connectivity index (χ3v) is 3.29. The average Bonchev–Trinajstić information content (AvgIpc) is 2.51. The normalized spacial score (nSPS) is 18.9. The van der Waals surface area contributed by atoms with Crippen molar-refractivity contribution in [2.24, 2.45) is 5.92 Å². The molecule has 0 saturated carbocycles. The zero-order valence-corrected chi connectivity index (χ0v) is 11.8. The van der Waals surface area contributed by atoms with Crippen molar-refractivity contribution in [1.29, 1.82) is 0 Å². The van der Waals surface area contributed by atoms with Crippen molar-refractivity contribution in [3.8, 4) is 5.75 Å². The number of rotatable bonds is 3. The molecule has 1 atom stereocenters. The molecule has 0 bridgehead atoms. The number of hydrogen-bond acceptors (Lipinski definition) is 3. The Hall–Kier alpha value is -1.38. The molecule has 0 aromatic heterocycles. The van der Waals surface area contributed by atoms with Gasteiger partial charge in [-0.15, -0.1) is 0 Å². The van der Waals surface area contributed by atoms with Crippen LogP contribution in [0.15, 0.2) is 18.2 Å². The molecule has 1 aliphatic heterocycles. The molecule has 0 radical (unpaired) electrons. The van der Waals surface area contributed by atoms with Crippen LogP contribution in [0.3, 0.4) is 0 Å². The van der Waals surface area contributed by atoms with E-state index in [-0.39, 0.29) is 6.10 Å². The molecule has 3 nitrogen and oxygen atoms in total. The molecule has 1 aromatic carbocycles. The standard InChI is InChI=1S/C15H24N2O/c1-10(2)12-8-9-16-15-13(17-12)6-5-7-14(15)18-11(3)4/h5-7,10-12,16-17H,8-9H2,1-4H3. The smallest absolute Gasteiger partial charge is 0.144 e. The molecular weight excluding hydrogens is 224 g/mol. The highest BCUT2D eigenvalue weighted by Crippen LogP contribution is 2.36. The van der Waals surface area contributed by atoms with Crippen molar-refractivity contribution in [3.05, 3.63) is 18.2 Å². The number of anilines is 2. The largest absolute Gasteiger partial charge is 0.489 e. The van der Waals surface area contributed by atoms with Gasteiger partial charge >= 0.3 is 0 Å². The highest BCUT2D eigenvalue weighted by molar-refractivity contribution is 5.76. The Kier molecular flexibility index (Phi) is 4.00. The molecule has 1 aromatic rings. The summed E-state index contributed by atoms with van der Waals surface area (Å²) in [5, 5.41) is 7.13. The van der Waals surface area contributed by atoms with Crippen molar-refractivity contribution in [2.45, 2.75) is 46.3 Å². The average molecular weight is 248 g/mol. The number of ether oxygens (including phenoxy) is 1. The lowest BCUT2D eigenvalue weighted by Gasteiger charge is -2.21. The predicted molar refractivity (Wildman–Crippen MR) is 77.6 cm³/mol. The van der Waals surface area contributed by atoms with E-state index in [1.807, 2.05) is 12.1 Å². The van der Waals surface area contributed by atoms with Crippen LogP contribution in [-0.2, 0) is 0 Å². The predicted octanol–water partition coefficient (Wildman–Crippen LogP) is 3.73. The van der Waals surface area contributed by atoms with Crippen molar-refractivity contribution >= 4 is 11.4 Å². The molecule has 1 unspecified atom stereocenters. The van der Waals surface area contributed by atoms with Crippen LogP contribution < -0.4 is 15.4 Å². The zero-order valence-electron chi connectivity index (χ0n) is 11.8. The summed E-state index contributed by atoms with van der Waals surface area (Å²) < 4.78 is 5.86. The van der Waals surface area contributed by atoms with E-state index >= 15 is 0 Å². The maximum Gasteiger partial charge on any atom is 0.144 e. The molecule has 0 amide bonds. The molecule has 0 saturated heterocycles. The lowest BCUT2D eigenvalue weighted by atomic mass is 10.0. The first kappa shape index (κ1) is 13.1. The zero-order chi connectivity index (χ0) is 13.1. The Balaban J connectivity index is 2.27. The number of fused-ring (bicyclic) bond motifs is 1. The SMILES string of the molecule is CC(C)Oc1cccc2c1NCCC(C(C)C)N2. The van der Waals surface area contributed by atoms with Crippen LogP contribution in [0.4, 0.5) is 11.4 Å². The molecule has 100 valence electrons. The van der Waals surface area contributed by atoms with Gasteiger partial charge in [-0.25, -0.2) is 0 Å². The molecule has 2 rings (SSSR count). The van der Waals surface area contributed by atoms with E-state index in [4.69, 9.17) is 4.74 Å². The molecular formula is C15H24N2O. The minimum atomic E-state index is 0.197. The van der Waals surface area contributed by atoms with Gasteiger partial charge in [0.05, 0.1) is 11.8 Å². The molecule has 0 aliphatic carbocycles. The van der Waals surface area contributed by atoms with Gasteiger partial charge in [0.15, 0.2) is 0 Å². The molecule has 3 heteroatoms. The van der Waals surface area contributed by atoms with Gasteiger partial charge in [0.2, 0.25) is 0 Å². The van der Waals surface area contributed by atoms with Gasteiger partial charge in [0.25, 0.3) is 0 Å². The Labute approximate surface area is 110 Å². The Morgan fingerprint density at radius 2 is 2.00 bits per heavy atom. The number of hydrogen-bond donors (Lipinski definition) is 2. The highest BCUT2D eigenvalue weighted by Gasteiger charge is 2.20. The van der Waals surface area contributed by atoms with Crippen LogP contribution in [0, 0.1) is 5.92 Å². The molecule has 0 spiro atoms. The van der Waals surface area contributed by atoms with Gasteiger partial charge in [-0.2, -0.15) is 0 Å². The van der Waals surface area contributed by atoms with Crippen LogP contribution >= 0.6 is 0 Å². The Bertz CT molecular complexity index is 401. The van der Waals surface area contributed by atoms with E-state index in [1.165, 1.54) is 0 Å². The Morgan fingerprint density at radius 1 is 1.22 bits per heavy atom. The van der Waals surface area contributed by atoms with Gasteiger partial charge in [-0.3, -0.25) is 0 Å². The lowest BCUT2D eigenvalue weighted by Crippen LogP contribution is -2.25. The number of nitrogens with one attached hydrogen (secondary N) is 2. The van der Waals surface area contributed by atoms with E-state index in [0.717, 1.165) is 30.1 Å². The second-order valence-electron chi connectivity index (χ2n) is 5.56.